The molecule has 0 saturated carbocycles. The van der Waals surface area contributed by atoms with Crippen LogP contribution in [0.15, 0.2) is 11.1 Å². The fraction of sp³-hybridized carbons (Fsp3) is 0.615. The van der Waals surface area contributed by atoms with Crippen LogP contribution in [-0.2, 0) is 23.3 Å². The number of phosphoric acid groups is 1. The fourth-order valence-electron chi connectivity index (χ4n) is 2.85. The maximum absolute atomic E-state index is 11.9. The summed E-state index contributed by atoms with van der Waals surface area (Å²) >= 11 is 0. The van der Waals surface area contributed by atoms with Gasteiger partial charge in [0.25, 0.3) is 13.4 Å². The maximum atomic E-state index is 11.9. The number of aliphatic hydroxyl groups excluding tert-OH is 1. The number of hydrogen-bond acceptors (Lipinski definition) is 11. The number of aliphatic hydroxyl groups is 1. The molecule has 15 heteroatoms. The van der Waals surface area contributed by atoms with Crippen LogP contribution in [-0.4, -0.2) is 74.8 Å². The van der Waals surface area contributed by atoms with Crippen LogP contribution in [0.5, 0.6) is 0 Å². The van der Waals surface area contributed by atoms with E-state index in [1.165, 1.54) is 18.0 Å². The molecule has 0 spiro atoms. The van der Waals surface area contributed by atoms with E-state index in [1.807, 2.05) is 0 Å². The number of fused-ring (bicyclic) bond motifs is 1. The van der Waals surface area contributed by atoms with Gasteiger partial charge in [-0.1, -0.05) is 0 Å². The van der Waals surface area contributed by atoms with Crippen molar-refractivity contribution in [2.24, 2.45) is 0 Å². The zero-order valence-electron chi connectivity index (χ0n) is 14.6. The highest BCUT2D eigenvalue weighted by molar-refractivity contribution is 7.44. The molecule has 1 aliphatic rings. The third-order valence-electron chi connectivity index (χ3n) is 4.03. The Hall–Kier alpha value is -1.90. The van der Waals surface area contributed by atoms with Crippen molar-refractivity contribution in [1.29, 1.82) is 0 Å². The van der Waals surface area contributed by atoms with E-state index in [2.05, 4.69) is 19.5 Å². The van der Waals surface area contributed by atoms with E-state index in [1.54, 1.807) is 0 Å². The van der Waals surface area contributed by atoms with Crippen molar-refractivity contribution < 1.29 is 38.2 Å². The van der Waals surface area contributed by atoms with E-state index < -0.39 is 44.5 Å². The van der Waals surface area contributed by atoms with Gasteiger partial charge in [-0.25, -0.2) is 4.98 Å². The summed E-state index contributed by atoms with van der Waals surface area (Å²) in [6.45, 7) is -0.317. The minimum Gasteiger partial charge on any atom is -0.756 e. The number of nitrogen functional groups attached to an aromatic ring is 1. The van der Waals surface area contributed by atoms with Crippen LogP contribution in [0.2, 0.25) is 0 Å². The van der Waals surface area contributed by atoms with Crippen molar-refractivity contribution in [3.05, 3.63) is 16.7 Å². The normalized spacial score (nSPS) is 27.3. The second-order valence-corrected chi connectivity index (χ2v) is 7.12. The van der Waals surface area contributed by atoms with E-state index in [4.69, 9.17) is 24.8 Å². The number of anilines is 1. The standard InChI is InChI=1S/C13H20N5O9P/c1-24-2-3-25-9-6(4-26-28(21,22)23)27-12(8(9)19)18-5-15-7-10(18)16-13(14)17-11(7)20/h5-6,8-9,12,19H,2-4H2,1H3,(H2,21,22,23)(H3,14,16,17,20)/p-1/t6-,8?,9+,12-/m1/s1. The van der Waals surface area contributed by atoms with Gasteiger partial charge in [0.15, 0.2) is 17.4 Å². The van der Waals surface area contributed by atoms with Gasteiger partial charge in [-0.2, -0.15) is 4.98 Å². The molecule has 1 aliphatic heterocycles. The van der Waals surface area contributed by atoms with E-state index in [9.17, 15) is 19.4 Å². The average molecular weight is 420 g/mol. The van der Waals surface area contributed by atoms with Crippen molar-refractivity contribution in [1.82, 2.24) is 19.5 Å². The molecule has 1 fully saturated rings. The van der Waals surface area contributed by atoms with Gasteiger partial charge in [0.1, 0.15) is 18.3 Å². The number of H-pyrrole nitrogens is 1. The summed E-state index contributed by atoms with van der Waals surface area (Å²) < 4.78 is 32.6. The molecule has 5 atom stereocenters. The number of nitrogens with zero attached hydrogens (tertiary/aromatic N) is 3. The van der Waals surface area contributed by atoms with Gasteiger partial charge in [-0.15, -0.1) is 0 Å². The molecule has 3 rings (SSSR count). The molecule has 0 aromatic carbocycles. The highest BCUT2D eigenvalue weighted by Crippen LogP contribution is 2.36. The molecule has 0 radical (unpaired) electrons. The maximum Gasteiger partial charge on any atom is 0.280 e. The number of methoxy groups -OCH3 is 1. The highest BCUT2D eigenvalue weighted by Gasteiger charge is 2.46. The third-order valence-corrected chi connectivity index (χ3v) is 4.51. The summed E-state index contributed by atoms with van der Waals surface area (Å²) in [5.41, 5.74) is 5.01. The molecule has 156 valence electrons. The van der Waals surface area contributed by atoms with Crippen LogP contribution < -0.4 is 16.2 Å². The second-order valence-electron chi connectivity index (χ2n) is 5.92. The minimum atomic E-state index is -5.01. The Morgan fingerprint density at radius 2 is 2.25 bits per heavy atom. The molecular formula is C13H19N5O9P-. The van der Waals surface area contributed by atoms with E-state index in [0.717, 1.165) is 0 Å². The number of rotatable bonds is 8. The van der Waals surface area contributed by atoms with Gasteiger partial charge in [0.05, 0.1) is 26.1 Å². The fourth-order valence-corrected chi connectivity index (χ4v) is 3.19. The van der Waals surface area contributed by atoms with Crippen LogP contribution in [0, 0.1) is 0 Å². The van der Waals surface area contributed by atoms with Crippen molar-refractivity contribution >= 4 is 24.9 Å². The molecule has 0 aliphatic carbocycles. The predicted molar refractivity (Wildman–Crippen MR) is 89.9 cm³/mol. The summed E-state index contributed by atoms with van der Waals surface area (Å²) in [5.74, 6) is -0.160. The lowest BCUT2D eigenvalue weighted by molar-refractivity contribution is -0.223. The lowest BCUT2D eigenvalue weighted by Crippen LogP contribution is -2.37. The Bertz CT molecular complexity index is 927. The quantitative estimate of drug-likeness (QED) is 0.257. The van der Waals surface area contributed by atoms with E-state index in [-0.39, 0.29) is 30.3 Å². The van der Waals surface area contributed by atoms with Crippen molar-refractivity contribution in [3.8, 4) is 0 Å². The number of aromatic amines is 1. The first-order valence-electron chi connectivity index (χ1n) is 8.06. The number of phosphoric ester groups is 1. The topological polar surface area (TPSA) is 207 Å². The largest absolute Gasteiger partial charge is 0.756 e. The second kappa shape index (κ2) is 8.23. The molecule has 2 unspecified atom stereocenters. The molecule has 0 amide bonds. The molecule has 3 heterocycles. The van der Waals surface area contributed by atoms with E-state index >= 15 is 0 Å². The van der Waals surface area contributed by atoms with Gasteiger partial charge in [-0.3, -0.25) is 18.9 Å². The SMILES string of the molecule is COCCO[C@@H]1C(O)[C@H](n2cnc3c(=O)[nH]c(N)nc32)O[C@@H]1COP(=O)([O-])O. The molecule has 1 saturated heterocycles. The lowest BCUT2D eigenvalue weighted by atomic mass is 10.1. The molecule has 0 bridgehead atoms. The number of imidazole rings is 1. The summed E-state index contributed by atoms with van der Waals surface area (Å²) in [5, 5.41) is 10.7. The minimum absolute atomic E-state index is 0.0269. The van der Waals surface area contributed by atoms with Crippen molar-refractivity contribution in [3.63, 3.8) is 0 Å². The molecular weight excluding hydrogens is 401 g/mol. The summed E-state index contributed by atoms with van der Waals surface area (Å²) in [4.78, 5) is 41.9. The highest BCUT2D eigenvalue weighted by atomic mass is 31.2. The van der Waals surface area contributed by atoms with Crippen LogP contribution in [0.1, 0.15) is 6.23 Å². The summed E-state index contributed by atoms with van der Waals surface area (Å²) in [6.07, 6.45) is -3.31. The molecule has 5 N–H and O–H groups in total. The first-order chi connectivity index (χ1) is 13.2. The van der Waals surface area contributed by atoms with Gasteiger partial charge in [-0.05, 0) is 0 Å². The van der Waals surface area contributed by atoms with Crippen LogP contribution >= 0.6 is 7.82 Å². The van der Waals surface area contributed by atoms with Crippen LogP contribution in [0.25, 0.3) is 11.2 Å². The molecule has 28 heavy (non-hydrogen) atoms. The summed E-state index contributed by atoms with van der Waals surface area (Å²) in [6, 6.07) is 0. The molecule has 2 aromatic rings. The Labute approximate surface area is 157 Å². The number of nitrogens with one attached hydrogen (secondary N) is 1. The average Bonchev–Trinajstić information content (AvgIpc) is 3.14. The molecule has 2 aromatic heterocycles. The Morgan fingerprint density at radius 3 is 2.93 bits per heavy atom. The number of aromatic nitrogens is 4. The van der Waals surface area contributed by atoms with Crippen molar-refractivity contribution in [2.45, 2.75) is 24.5 Å². The first kappa shape index (κ1) is 20.8. The zero-order valence-corrected chi connectivity index (χ0v) is 15.5. The zero-order chi connectivity index (χ0) is 20.5. The van der Waals surface area contributed by atoms with Gasteiger partial charge < -0.3 is 39.4 Å². The van der Waals surface area contributed by atoms with Gasteiger partial charge in [0, 0.05) is 7.11 Å². The lowest BCUT2D eigenvalue weighted by Gasteiger charge is -2.23. The Morgan fingerprint density at radius 1 is 1.50 bits per heavy atom. The van der Waals surface area contributed by atoms with E-state index in [0.29, 0.717) is 0 Å². The Kier molecular flexibility index (Phi) is 6.12. The molecule has 14 nitrogen and oxygen atoms in total. The van der Waals surface area contributed by atoms with Gasteiger partial charge in [0.2, 0.25) is 5.95 Å². The number of ether oxygens (including phenoxy) is 3. The van der Waals surface area contributed by atoms with Gasteiger partial charge >= 0.3 is 0 Å². The Balaban J connectivity index is 1.89. The van der Waals surface area contributed by atoms with Crippen LogP contribution in [0.4, 0.5) is 5.95 Å². The predicted octanol–water partition coefficient (Wildman–Crippen LogP) is -2.53. The smallest absolute Gasteiger partial charge is 0.280 e. The van der Waals surface area contributed by atoms with Crippen LogP contribution in [0.3, 0.4) is 0 Å². The number of hydrogen-bond donors (Lipinski definition) is 4. The number of nitrogens with two attached hydrogens (primary N) is 1. The van der Waals surface area contributed by atoms with Crippen molar-refractivity contribution in [2.75, 3.05) is 32.7 Å². The third kappa shape index (κ3) is 4.39. The first-order valence-corrected chi connectivity index (χ1v) is 9.55. The monoisotopic (exact) mass is 420 g/mol. The summed E-state index contributed by atoms with van der Waals surface area (Å²) in [7, 11) is -3.56.